The molecule has 0 unspecified atom stereocenters. The number of halogens is 1. The average molecular weight is 1370 g/mol. The lowest BCUT2D eigenvalue weighted by atomic mass is 9.78. The summed E-state index contributed by atoms with van der Waals surface area (Å²) in [5, 5.41) is 7.37. The van der Waals surface area contributed by atoms with Crippen LogP contribution in [-0.4, -0.2) is 47.4 Å². The molecule has 12 heteroatoms. The second-order valence-electron chi connectivity index (χ2n) is 25.6. The number of para-hydroxylation sites is 4. The van der Waals surface area contributed by atoms with Crippen LogP contribution in [0.3, 0.4) is 0 Å². The number of benzene rings is 12. The number of hydrogen-bond donors (Lipinski definition) is 0. The highest BCUT2D eigenvalue weighted by atomic mass is 79.9. The van der Waals surface area contributed by atoms with Crippen molar-refractivity contribution < 1.29 is 9.31 Å². The van der Waals surface area contributed by atoms with Gasteiger partial charge in [0.2, 0.25) is 0 Å². The van der Waals surface area contributed by atoms with Gasteiger partial charge < -0.3 is 18.4 Å². The van der Waals surface area contributed by atoms with Crippen molar-refractivity contribution in [2.45, 2.75) is 38.9 Å². The van der Waals surface area contributed by atoms with Crippen LogP contribution in [0.25, 0.3) is 152 Å². The molecule has 0 aliphatic carbocycles. The topological polar surface area (TPSA) is 79.9 Å². The highest BCUT2D eigenvalue weighted by molar-refractivity contribution is 9.10. The Hall–Kier alpha value is -10.7. The molecule has 0 saturated carbocycles. The predicted octanol–water partition coefficient (Wildman–Crippen LogP) is 23.0. The van der Waals surface area contributed by atoms with E-state index in [9.17, 15) is 0 Å². The molecule has 0 bridgehead atoms. The molecule has 8 nitrogen and oxygen atoms in total. The van der Waals surface area contributed by atoms with Crippen molar-refractivity contribution in [2.75, 3.05) is 0 Å². The second-order valence-corrected chi connectivity index (χ2v) is 28.7. The Morgan fingerprint density at radius 1 is 0.327 bits per heavy atom. The number of fused-ring (bicyclic) bond motifs is 12. The molecule has 12 aromatic carbocycles. The molecule has 0 atom stereocenters. The standard InChI is InChI=1S/C40H25N3S.C28H25BN2O2S.C18H12BrN/c1-3-12-26(13-4-1)37-39-38(32-19-8-10-21-36(32)44-39)42-40(41-37)29-15-11-14-27(24-29)28-22-23-35-33(25-28)31-18-7-9-20-34(31)43(35)30-16-5-2-6-17-30;1-27(2)28(3,4)33-29(32-27)20-14-10-13-19(17-20)26-30-23(18-11-6-5-7-12-18)25-24(31-26)21-15-8-9-16-22(21)34-25;19-13-10-11-18-16(12-13)15-8-4-5-9-17(15)20(18)14-6-2-1-3-7-14/h1-25H;5-17H,1-4H3;1-12H. The molecule has 0 amide bonds. The molecular formula is C86H62BBrN6O2S2. The van der Waals surface area contributed by atoms with Crippen molar-refractivity contribution in [3.63, 3.8) is 0 Å². The van der Waals surface area contributed by atoms with Gasteiger partial charge in [0.25, 0.3) is 0 Å². The summed E-state index contributed by atoms with van der Waals surface area (Å²) in [6, 6.07) is 106. The van der Waals surface area contributed by atoms with Crippen molar-refractivity contribution >= 4 is 135 Å². The van der Waals surface area contributed by atoms with Crippen molar-refractivity contribution in [1.29, 1.82) is 0 Å². The summed E-state index contributed by atoms with van der Waals surface area (Å²) in [6.07, 6.45) is 0. The van der Waals surface area contributed by atoms with Gasteiger partial charge in [-0.1, -0.05) is 234 Å². The van der Waals surface area contributed by atoms with Gasteiger partial charge in [-0.2, -0.15) is 0 Å². The first kappa shape index (κ1) is 60.9. The fraction of sp³-hybridized carbons (Fsp3) is 0.0698. The van der Waals surface area contributed by atoms with Gasteiger partial charge >= 0.3 is 7.12 Å². The summed E-state index contributed by atoms with van der Waals surface area (Å²) in [5.41, 5.74) is 17.8. The van der Waals surface area contributed by atoms with Gasteiger partial charge in [-0.05, 0) is 129 Å². The van der Waals surface area contributed by atoms with Crippen LogP contribution in [0.5, 0.6) is 0 Å². The van der Waals surface area contributed by atoms with E-state index >= 15 is 0 Å². The Balaban J connectivity index is 0.000000118. The van der Waals surface area contributed by atoms with Crippen LogP contribution in [0.15, 0.2) is 308 Å². The monoisotopic (exact) mass is 1360 g/mol. The fourth-order valence-corrected chi connectivity index (χ4v) is 16.1. The normalized spacial score (nSPS) is 13.4. The van der Waals surface area contributed by atoms with Crippen LogP contribution in [0.1, 0.15) is 27.7 Å². The Labute approximate surface area is 584 Å². The zero-order valence-electron chi connectivity index (χ0n) is 54.1. The van der Waals surface area contributed by atoms with Crippen LogP contribution < -0.4 is 5.46 Å². The molecule has 1 aliphatic heterocycles. The maximum absolute atomic E-state index is 6.29. The predicted molar refractivity (Wildman–Crippen MR) is 416 cm³/mol. The lowest BCUT2D eigenvalue weighted by molar-refractivity contribution is 0.00578. The maximum Gasteiger partial charge on any atom is 0.494 e. The molecule has 18 aromatic rings. The van der Waals surface area contributed by atoms with Gasteiger partial charge in [0.15, 0.2) is 11.6 Å². The highest BCUT2D eigenvalue weighted by Gasteiger charge is 2.51. The largest absolute Gasteiger partial charge is 0.494 e. The van der Waals surface area contributed by atoms with E-state index in [1.54, 1.807) is 22.7 Å². The third-order valence-corrected chi connectivity index (χ3v) is 21.8. The molecule has 7 heterocycles. The van der Waals surface area contributed by atoms with Gasteiger partial charge in [0.1, 0.15) is 0 Å². The molecule has 6 aromatic heterocycles. The first-order valence-electron chi connectivity index (χ1n) is 32.9. The summed E-state index contributed by atoms with van der Waals surface area (Å²) < 4.78 is 23.0. The van der Waals surface area contributed by atoms with Crippen LogP contribution >= 0.6 is 38.6 Å². The van der Waals surface area contributed by atoms with Crippen LogP contribution in [0.4, 0.5) is 0 Å². The van der Waals surface area contributed by atoms with E-state index in [2.05, 4.69) is 326 Å². The van der Waals surface area contributed by atoms with Crippen LogP contribution in [0.2, 0.25) is 0 Å². The van der Waals surface area contributed by atoms with Gasteiger partial charge in [0.05, 0.1) is 65.1 Å². The van der Waals surface area contributed by atoms with Crippen molar-refractivity contribution in [3.8, 4) is 67.8 Å². The SMILES string of the molecule is Brc1ccc2c(c1)c1ccccc1n2-c1ccccc1.CC1(C)OB(c2cccc(-c3nc(-c4ccccc4)c4sc5ccccc5c4n3)c2)OC1(C)C.c1ccc(-c2nc(-c3cccc(-c4ccc5c(c4)c4ccccc4n5-c4ccccc4)c3)nc3c2sc2ccccc23)cc1. The molecule has 0 spiro atoms. The minimum Gasteiger partial charge on any atom is -0.399 e. The minimum atomic E-state index is -0.427. The number of thiophene rings is 2. The average Bonchev–Trinajstić information content (AvgIpc) is 1.59. The smallest absolute Gasteiger partial charge is 0.399 e. The minimum absolute atomic E-state index is 0.390. The molecular weight excluding hydrogens is 1300 g/mol. The Kier molecular flexibility index (Phi) is 15.6. The first-order valence-corrected chi connectivity index (χ1v) is 35.3. The van der Waals surface area contributed by atoms with E-state index in [1.165, 1.54) is 69.6 Å². The Bertz CT molecular complexity index is 6040. The zero-order valence-corrected chi connectivity index (χ0v) is 57.4. The van der Waals surface area contributed by atoms with Gasteiger partial charge in [-0.25, -0.2) is 19.9 Å². The van der Waals surface area contributed by atoms with E-state index in [-0.39, 0.29) is 11.2 Å². The molecule has 470 valence electrons. The molecule has 0 N–H and O–H groups in total. The van der Waals surface area contributed by atoms with Crippen LogP contribution in [0, 0.1) is 0 Å². The summed E-state index contributed by atoms with van der Waals surface area (Å²) in [5.74, 6) is 1.44. The highest BCUT2D eigenvalue weighted by Crippen LogP contribution is 2.44. The van der Waals surface area contributed by atoms with Gasteiger partial charge in [-0.3, -0.25) is 0 Å². The third kappa shape index (κ3) is 11.0. The van der Waals surface area contributed by atoms with Gasteiger partial charge in [0, 0.05) is 79.8 Å². The van der Waals surface area contributed by atoms with Crippen molar-refractivity contribution in [2.24, 2.45) is 0 Å². The maximum atomic E-state index is 6.29. The lowest BCUT2D eigenvalue weighted by Gasteiger charge is -2.32. The molecule has 98 heavy (non-hydrogen) atoms. The molecule has 1 saturated heterocycles. The van der Waals surface area contributed by atoms with E-state index in [1.807, 2.05) is 30.3 Å². The van der Waals surface area contributed by atoms with E-state index < -0.39 is 7.12 Å². The molecule has 0 radical (unpaired) electrons. The van der Waals surface area contributed by atoms with Crippen molar-refractivity contribution in [1.82, 2.24) is 29.1 Å². The molecule has 19 rings (SSSR count). The summed E-state index contributed by atoms with van der Waals surface area (Å²) >= 11 is 7.08. The summed E-state index contributed by atoms with van der Waals surface area (Å²) in [6.45, 7) is 8.28. The van der Waals surface area contributed by atoms with Crippen molar-refractivity contribution in [3.05, 3.63) is 308 Å². The van der Waals surface area contributed by atoms with Crippen LogP contribution in [-0.2, 0) is 9.31 Å². The number of rotatable bonds is 8. The van der Waals surface area contributed by atoms with Gasteiger partial charge in [-0.15, -0.1) is 22.7 Å². The zero-order chi connectivity index (χ0) is 66.1. The quantitative estimate of drug-likeness (QED) is 0.141. The Morgan fingerprint density at radius 2 is 0.714 bits per heavy atom. The first-order chi connectivity index (χ1) is 48.0. The fourth-order valence-electron chi connectivity index (χ4n) is 13.5. The van der Waals surface area contributed by atoms with E-state index in [0.717, 1.165) is 86.5 Å². The molecule has 1 aliphatic rings. The Morgan fingerprint density at radius 3 is 1.23 bits per heavy atom. The number of nitrogens with zero attached hydrogens (tertiary/aromatic N) is 6. The lowest BCUT2D eigenvalue weighted by Crippen LogP contribution is -2.41. The molecule has 1 fully saturated rings. The van der Waals surface area contributed by atoms with E-state index in [4.69, 9.17) is 29.2 Å². The summed E-state index contributed by atoms with van der Waals surface area (Å²) in [7, 11) is -0.427. The van der Waals surface area contributed by atoms with E-state index in [0.29, 0.717) is 5.82 Å². The number of hydrogen-bond acceptors (Lipinski definition) is 8. The summed E-state index contributed by atoms with van der Waals surface area (Å²) in [4.78, 5) is 20.5. The number of aromatic nitrogens is 6. The second kappa shape index (κ2) is 25.1. The third-order valence-electron chi connectivity index (χ3n) is 19.0.